The Kier molecular flexibility index (Phi) is 7.77. The molecule has 21 heavy (non-hydrogen) atoms. The number of piperidine rings is 1. The molecule has 2 heterocycles. The van der Waals surface area contributed by atoms with E-state index in [1.807, 2.05) is 13.2 Å². The van der Waals surface area contributed by atoms with Crippen molar-refractivity contribution in [3.8, 4) is 0 Å². The maximum Gasteiger partial charge on any atom is 0.190 e. The summed E-state index contributed by atoms with van der Waals surface area (Å²) in [7, 11) is 3.62. The summed E-state index contributed by atoms with van der Waals surface area (Å²) in [6, 6.07) is 4.26. The van der Waals surface area contributed by atoms with E-state index in [1.54, 1.807) is 7.05 Å². The van der Waals surface area contributed by atoms with E-state index in [2.05, 4.69) is 44.6 Å². The topological polar surface area (TPSA) is 52.6 Å². The van der Waals surface area contributed by atoms with E-state index in [-0.39, 0.29) is 24.0 Å². The molecule has 0 aromatic carbocycles. The molecule has 6 heteroatoms. The quantitative estimate of drug-likeness (QED) is 0.462. The number of hydrogen-bond donors (Lipinski definition) is 2. The average Bonchev–Trinajstić information content (AvgIpc) is 2.50. The molecule has 5 nitrogen and oxygen atoms in total. The van der Waals surface area contributed by atoms with Crippen LogP contribution in [0.2, 0.25) is 0 Å². The Morgan fingerprint density at radius 2 is 2.10 bits per heavy atom. The fraction of sp³-hybridized carbons (Fsp3) is 0.600. The Balaban J connectivity index is 0.00000220. The van der Waals surface area contributed by atoms with Gasteiger partial charge >= 0.3 is 0 Å². The van der Waals surface area contributed by atoms with Crippen LogP contribution in [0.15, 0.2) is 23.3 Å². The van der Waals surface area contributed by atoms with Gasteiger partial charge in [-0.05, 0) is 30.4 Å². The molecule has 0 unspecified atom stereocenters. The molecule has 0 atom stereocenters. The van der Waals surface area contributed by atoms with E-state index < -0.39 is 0 Å². The summed E-state index contributed by atoms with van der Waals surface area (Å²) in [5, 5.41) is 6.22. The van der Waals surface area contributed by atoms with Crippen molar-refractivity contribution in [2.24, 2.45) is 10.9 Å². The van der Waals surface area contributed by atoms with Crippen LogP contribution in [0.3, 0.4) is 0 Å². The van der Waals surface area contributed by atoms with E-state index in [1.165, 1.54) is 12.8 Å². The lowest BCUT2D eigenvalue weighted by Crippen LogP contribution is -2.34. The van der Waals surface area contributed by atoms with Gasteiger partial charge in [-0.25, -0.2) is 4.98 Å². The van der Waals surface area contributed by atoms with Crippen LogP contribution < -0.4 is 15.5 Å². The number of nitrogens with one attached hydrogen (secondary N) is 2. The Bertz CT molecular complexity index is 438. The first kappa shape index (κ1) is 18.0. The van der Waals surface area contributed by atoms with Crippen molar-refractivity contribution in [1.82, 2.24) is 15.6 Å². The number of nitrogens with zero attached hydrogens (tertiary/aromatic N) is 3. The Morgan fingerprint density at radius 3 is 2.62 bits per heavy atom. The number of aliphatic imine (C=N–C) groups is 1. The van der Waals surface area contributed by atoms with Gasteiger partial charge in [-0.2, -0.15) is 0 Å². The Labute approximate surface area is 144 Å². The monoisotopic (exact) mass is 403 g/mol. The van der Waals surface area contributed by atoms with Gasteiger partial charge in [-0.3, -0.25) is 4.99 Å². The van der Waals surface area contributed by atoms with Gasteiger partial charge in [0.2, 0.25) is 0 Å². The first-order valence-electron chi connectivity index (χ1n) is 7.31. The molecule has 0 amide bonds. The molecule has 2 rings (SSSR count). The number of rotatable bonds is 3. The second-order valence-corrected chi connectivity index (χ2v) is 5.37. The molecule has 1 aromatic rings. The molecule has 1 fully saturated rings. The van der Waals surface area contributed by atoms with Crippen molar-refractivity contribution in [3.05, 3.63) is 23.9 Å². The van der Waals surface area contributed by atoms with Crippen LogP contribution in [0.25, 0.3) is 0 Å². The van der Waals surface area contributed by atoms with Crippen LogP contribution in [0, 0.1) is 5.92 Å². The van der Waals surface area contributed by atoms with Crippen LogP contribution in [-0.4, -0.2) is 38.1 Å². The highest BCUT2D eigenvalue weighted by molar-refractivity contribution is 14.0. The second-order valence-electron chi connectivity index (χ2n) is 5.37. The normalized spacial score (nSPS) is 16.3. The number of anilines is 1. The van der Waals surface area contributed by atoms with Gasteiger partial charge in [0.25, 0.3) is 0 Å². The maximum atomic E-state index is 4.58. The van der Waals surface area contributed by atoms with Gasteiger partial charge in [0, 0.05) is 39.9 Å². The zero-order valence-corrected chi connectivity index (χ0v) is 15.4. The van der Waals surface area contributed by atoms with E-state index in [0.717, 1.165) is 42.9 Å². The van der Waals surface area contributed by atoms with Crippen LogP contribution in [0.1, 0.15) is 25.3 Å². The molecule has 1 aromatic heterocycles. The van der Waals surface area contributed by atoms with Gasteiger partial charge in [0.15, 0.2) is 5.96 Å². The molecule has 1 aliphatic heterocycles. The standard InChI is InChI=1S/C15H25N5.HI/c1-12-6-8-20(9-7-12)14-5-4-13(10-18-14)11-19-15(16-2)17-3;/h4-5,10,12H,6-9,11H2,1-3H3,(H2,16,17,19);1H. The smallest absolute Gasteiger partial charge is 0.190 e. The number of halogens is 1. The van der Waals surface area contributed by atoms with Gasteiger partial charge in [-0.1, -0.05) is 13.0 Å². The minimum absolute atomic E-state index is 0. The van der Waals surface area contributed by atoms with Crippen LogP contribution in [0.4, 0.5) is 5.82 Å². The van der Waals surface area contributed by atoms with Gasteiger partial charge < -0.3 is 15.5 Å². The summed E-state index contributed by atoms with van der Waals surface area (Å²) >= 11 is 0. The van der Waals surface area contributed by atoms with Crippen LogP contribution in [-0.2, 0) is 6.54 Å². The second kappa shape index (κ2) is 9.07. The lowest BCUT2D eigenvalue weighted by Gasteiger charge is -2.31. The number of aromatic nitrogens is 1. The summed E-state index contributed by atoms with van der Waals surface area (Å²) < 4.78 is 0. The van der Waals surface area contributed by atoms with E-state index in [4.69, 9.17) is 0 Å². The van der Waals surface area contributed by atoms with Crippen molar-refractivity contribution in [2.45, 2.75) is 26.3 Å². The Morgan fingerprint density at radius 1 is 1.38 bits per heavy atom. The maximum absolute atomic E-state index is 4.58. The molecule has 1 aliphatic rings. The van der Waals surface area contributed by atoms with Crippen molar-refractivity contribution < 1.29 is 0 Å². The number of pyridine rings is 1. The molecular formula is C15H26IN5. The van der Waals surface area contributed by atoms with Crippen molar-refractivity contribution >= 4 is 35.8 Å². The minimum Gasteiger partial charge on any atom is -0.359 e. The minimum atomic E-state index is 0. The molecule has 0 bridgehead atoms. The number of hydrogen-bond acceptors (Lipinski definition) is 3. The first-order chi connectivity index (χ1) is 9.72. The zero-order chi connectivity index (χ0) is 14.4. The lowest BCUT2D eigenvalue weighted by atomic mass is 9.99. The molecular weight excluding hydrogens is 377 g/mol. The van der Waals surface area contributed by atoms with Crippen molar-refractivity contribution in [2.75, 3.05) is 32.1 Å². The zero-order valence-electron chi connectivity index (χ0n) is 13.1. The molecule has 0 aliphatic carbocycles. The molecule has 0 saturated carbocycles. The third kappa shape index (κ3) is 5.33. The summed E-state index contributed by atoms with van der Waals surface area (Å²) in [6.07, 6.45) is 4.48. The van der Waals surface area contributed by atoms with Crippen molar-refractivity contribution in [1.29, 1.82) is 0 Å². The Hall–Kier alpha value is -1.05. The third-order valence-electron chi connectivity index (χ3n) is 3.84. The third-order valence-corrected chi connectivity index (χ3v) is 3.84. The summed E-state index contributed by atoms with van der Waals surface area (Å²) in [5.41, 5.74) is 1.16. The average molecular weight is 403 g/mol. The highest BCUT2D eigenvalue weighted by atomic mass is 127. The van der Waals surface area contributed by atoms with Crippen molar-refractivity contribution in [3.63, 3.8) is 0 Å². The largest absolute Gasteiger partial charge is 0.359 e. The first-order valence-corrected chi connectivity index (χ1v) is 7.31. The highest BCUT2D eigenvalue weighted by Crippen LogP contribution is 2.21. The predicted octanol–water partition coefficient (Wildman–Crippen LogP) is 2.23. The van der Waals surface area contributed by atoms with E-state index >= 15 is 0 Å². The van der Waals surface area contributed by atoms with Crippen LogP contribution >= 0.6 is 24.0 Å². The van der Waals surface area contributed by atoms with E-state index in [0.29, 0.717) is 0 Å². The lowest BCUT2D eigenvalue weighted by molar-refractivity contribution is 0.436. The molecule has 118 valence electrons. The molecule has 1 saturated heterocycles. The molecule has 0 radical (unpaired) electrons. The molecule has 0 spiro atoms. The summed E-state index contributed by atoms with van der Waals surface area (Å²) in [5.74, 6) is 2.74. The predicted molar refractivity (Wildman–Crippen MR) is 99.5 cm³/mol. The fourth-order valence-corrected chi connectivity index (χ4v) is 2.41. The van der Waals surface area contributed by atoms with Crippen LogP contribution in [0.5, 0.6) is 0 Å². The highest BCUT2D eigenvalue weighted by Gasteiger charge is 2.16. The number of guanidine groups is 1. The van der Waals surface area contributed by atoms with Gasteiger partial charge in [0.05, 0.1) is 0 Å². The van der Waals surface area contributed by atoms with Gasteiger partial charge in [0.1, 0.15) is 5.82 Å². The summed E-state index contributed by atoms with van der Waals surface area (Å²) in [6.45, 7) is 5.31. The SMILES string of the molecule is CN=C(NC)NCc1ccc(N2CCC(C)CC2)nc1.I. The summed E-state index contributed by atoms with van der Waals surface area (Å²) in [4.78, 5) is 11.0. The molecule has 2 N–H and O–H groups in total. The van der Waals surface area contributed by atoms with E-state index in [9.17, 15) is 0 Å². The van der Waals surface area contributed by atoms with Gasteiger partial charge in [-0.15, -0.1) is 24.0 Å². The fourth-order valence-electron chi connectivity index (χ4n) is 2.41.